The average Bonchev–Trinajstić information content (AvgIpc) is 2.39. The van der Waals surface area contributed by atoms with Gasteiger partial charge in [0.15, 0.2) is 0 Å². The SMILES string of the molecule is CCCCOCC(O)CNCc1ccc(F)c(Cl)c1. The van der Waals surface area contributed by atoms with Crippen molar-refractivity contribution in [1.29, 1.82) is 0 Å². The molecule has 0 aliphatic heterocycles. The Bertz CT molecular complexity index is 376. The molecule has 1 aromatic rings. The fourth-order valence-electron chi connectivity index (χ4n) is 1.56. The van der Waals surface area contributed by atoms with E-state index in [1.165, 1.54) is 6.07 Å². The summed E-state index contributed by atoms with van der Waals surface area (Å²) in [7, 11) is 0. The van der Waals surface area contributed by atoms with Crippen LogP contribution in [0.4, 0.5) is 4.39 Å². The Kier molecular flexibility index (Phi) is 7.98. The van der Waals surface area contributed by atoms with E-state index in [2.05, 4.69) is 12.2 Å². The maximum Gasteiger partial charge on any atom is 0.141 e. The number of rotatable bonds is 9. The van der Waals surface area contributed by atoms with E-state index in [1.54, 1.807) is 12.1 Å². The van der Waals surface area contributed by atoms with Gasteiger partial charge in [0.1, 0.15) is 5.82 Å². The van der Waals surface area contributed by atoms with Gasteiger partial charge in [0.2, 0.25) is 0 Å². The van der Waals surface area contributed by atoms with Crippen molar-refractivity contribution in [3.05, 3.63) is 34.6 Å². The molecular formula is C14H21ClFNO2. The van der Waals surface area contributed by atoms with Crippen LogP contribution in [-0.4, -0.2) is 31.0 Å². The highest BCUT2D eigenvalue weighted by Gasteiger charge is 2.05. The molecule has 1 unspecified atom stereocenters. The molecule has 19 heavy (non-hydrogen) atoms. The summed E-state index contributed by atoms with van der Waals surface area (Å²) in [5.41, 5.74) is 0.880. The van der Waals surface area contributed by atoms with E-state index in [4.69, 9.17) is 16.3 Å². The molecule has 0 bridgehead atoms. The highest BCUT2D eigenvalue weighted by Crippen LogP contribution is 2.15. The highest BCUT2D eigenvalue weighted by molar-refractivity contribution is 6.30. The quantitative estimate of drug-likeness (QED) is 0.687. The van der Waals surface area contributed by atoms with E-state index >= 15 is 0 Å². The van der Waals surface area contributed by atoms with E-state index < -0.39 is 11.9 Å². The number of hydrogen-bond acceptors (Lipinski definition) is 3. The van der Waals surface area contributed by atoms with Gasteiger partial charge in [0.05, 0.1) is 17.7 Å². The van der Waals surface area contributed by atoms with Crippen LogP contribution in [0.5, 0.6) is 0 Å². The minimum atomic E-state index is -0.534. The van der Waals surface area contributed by atoms with Crippen molar-refractivity contribution in [2.24, 2.45) is 0 Å². The van der Waals surface area contributed by atoms with Crippen molar-refractivity contribution in [2.45, 2.75) is 32.4 Å². The normalized spacial score (nSPS) is 12.6. The topological polar surface area (TPSA) is 41.5 Å². The Hall–Kier alpha value is -0.680. The lowest BCUT2D eigenvalue weighted by Crippen LogP contribution is -2.30. The van der Waals surface area contributed by atoms with Crippen LogP contribution < -0.4 is 5.32 Å². The smallest absolute Gasteiger partial charge is 0.141 e. The van der Waals surface area contributed by atoms with Crippen LogP contribution in [0.15, 0.2) is 18.2 Å². The molecule has 3 nitrogen and oxygen atoms in total. The number of aliphatic hydroxyl groups is 1. The average molecular weight is 290 g/mol. The number of aliphatic hydroxyl groups excluding tert-OH is 1. The van der Waals surface area contributed by atoms with E-state index in [0.717, 1.165) is 18.4 Å². The maximum atomic E-state index is 12.9. The Balaban J connectivity index is 2.17. The van der Waals surface area contributed by atoms with Gasteiger partial charge in [-0.1, -0.05) is 31.0 Å². The van der Waals surface area contributed by atoms with Gasteiger partial charge >= 0.3 is 0 Å². The zero-order valence-corrected chi connectivity index (χ0v) is 11.9. The zero-order valence-electron chi connectivity index (χ0n) is 11.2. The molecule has 0 radical (unpaired) electrons. The van der Waals surface area contributed by atoms with E-state index in [-0.39, 0.29) is 5.02 Å². The van der Waals surface area contributed by atoms with Crippen molar-refractivity contribution in [3.8, 4) is 0 Å². The molecule has 108 valence electrons. The summed E-state index contributed by atoms with van der Waals surface area (Å²) in [6, 6.07) is 4.58. The summed E-state index contributed by atoms with van der Waals surface area (Å²) < 4.78 is 18.3. The molecule has 1 aromatic carbocycles. The molecule has 0 aliphatic rings. The molecule has 2 N–H and O–H groups in total. The van der Waals surface area contributed by atoms with Crippen LogP contribution in [0, 0.1) is 5.82 Å². The monoisotopic (exact) mass is 289 g/mol. The minimum absolute atomic E-state index is 0.114. The fraction of sp³-hybridized carbons (Fsp3) is 0.571. The number of unbranched alkanes of at least 4 members (excludes halogenated alkanes) is 1. The molecule has 0 heterocycles. The number of nitrogens with one attached hydrogen (secondary N) is 1. The number of hydrogen-bond donors (Lipinski definition) is 2. The van der Waals surface area contributed by atoms with Gasteiger partial charge in [-0.15, -0.1) is 0 Å². The first-order valence-electron chi connectivity index (χ1n) is 6.54. The predicted molar refractivity (Wildman–Crippen MR) is 74.9 cm³/mol. The lowest BCUT2D eigenvalue weighted by molar-refractivity contribution is 0.0358. The summed E-state index contributed by atoms with van der Waals surface area (Å²) in [6.07, 6.45) is 1.56. The van der Waals surface area contributed by atoms with E-state index in [1.807, 2.05) is 0 Å². The summed E-state index contributed by atoms with van der Waals surface area (Å²) in [5, 5.41) is 12.8. The summed E-state index contributed by atoms with van der Waals surface area (Å²) in [5.74, 6) is -0.422. The van der Waals surface area contributed by atoms with Gasteiger partial charge < -0.3 is 15.2 Å². The van der Waals surface area contributed by atoms with Crippen molar-refractivity contribution in [2.75, 3.05) is 19.8 Å². The van der Waals surface area contributed by atoms with Crippen molar-refractivity contribution in [3.63, 3.8) is 0 Å². The van der Waals surface area contributed by atoms with Gasteiger partial charge in [-0.25, -0.2) is 4.39 Å². The highest BCUT2D eigenvalue weighted by atomic mass is 35.5. The fourth-order valence-corrected chi connectivity index (χ4v) is 1.76. The lowest BCUT2D eigenvalue weighted by Gasteiger charge is -2.12. The Morgan fingerprint density at radius 1 is 1.47 bits per heavy atom. The van der Waals surface area contributed by atoms with E-state index in [9.17, 15) is 9.50 Å². The number of ether oxygens (including phenoxy) is 1. The molecule has 0 saturated heterocycles. The van der Waals surface area contributed by atoms with Gasteiger partial charge in [-0.2, -0.15) is 0 Å². The van der Waals surface area contributed by atoms with Gasteiger partial charge in [-0.05, 0) is 24.1 Å². The third-order valence-corrected chi connectivity index (χ3v) is 2.94. The molecule has 0 aromatic heterocycles. The zero-order chi connectivity index (χ0) is 14.1. The number of benzene rings is 1. The van der Waals surface area contributed by atoms with Crippen LogP contribution in [0.2, 0.25) is 5.02 Å². The lowest BCUT2D eigenvalue weighted by atomic mass is 10.2. The van der Waals surface area contributed by atoms with Crippen LogP contribution in [0.1, 0.15) is 25.3 Å². The molecule has 1 atom stereocenters. The second kappa shape index (κ2) is 9.26. The number of halogens is 2. The molecule has 0 saturated carbocycles. The molecule has 0 fully saturated rings. The van der Waals surface area contributed by atoms with Gasteiger partial charge in [0.25, 0.3) is 0 Å². The largest absolute Gasteiger partial charge is 0.389 e. The van der Waals surface area contributed by atoms with Crippen LogP contribution >= 0.6 is 11.6 Å². The van der Waals surface area contributed by atoms with Crippen molar-refractivity contribution in [1.82, 2.24) is 5.32 Å². The maximum absolute atomic E-state index is 12.9. The second-order valence-electron chi connectivity index (χ2n) is 4.46. The first-order chi connectivity index (χ1) is 9.13. The predicted octanol–water partition coefficient (Wildman–Crippen LogP) is 2.75. The first kappa shape index (κ1) is 16.4. The first-order valence-corrected chi connectivity index (χ1v) is 6.91. The summed E-state index contributed by atoms with van der Waals surface area (Å²) >= 11 is 5.68. The standard InChI is InChI=1S/C14H21ClFNO2/c1-2-3-6-19-10-12(18)9-17-8-11-4-5-14(16)13(15)7-11/h4-5,7,12,17-18H,2-3,6,8-10H2,1H3. The third kappa shape index (κ3) is 6.87. The van der Waals surface area contributed by atoms with Crippen LogP contribution in [0.3, 0.4) is 0 Å². The summed E-state index contributed by atoms with van der Waals surface area (Å²) in [4.78, 5) is 0. The Labute approximate surface area is 118 Å². The molecule has 5 heteroatoms. The van der Waals surface area contributed by atoms with Gasteiger partial charge in [-0.3, -0.25) is 0 Å². The molecule has 0 spiro atoms. The molecule has 1 rings (SSSR count). The third-order valence-electron chi connectivity index (χ3n) is 2.65. The Morgan fingerprint density at radius 3 is 2.95 bits per heavy atom. The van der Waals surface area contributed by atoms with Crippen LogP contribution in [0.25, 0.3) is 0 Å². The van der Waals surface area contributed by atoms with Crippen molar-refractivity contribution < 1.29 is 14.2 Å². The Morgan fingerprint density at radius 2 is 2.26 bits per heavy atom. The summed E-state index contributed by atoms with van der Waals surface area (Å²) in [6.45, 7) is 4.07. The van der Waals surface area contributed by atoms with Crippen molar-refractivity contribution >= 4 is 11.6 Å². The van der Waals surface area contributed by atoms with Gasteiger partial charge in [0, 0.05) is 19.7 Å². The second-order valence-corrected chi connectivity index (χ2v) is 4.87. The molecule has 0 amide bonds. The molecule has 0 aliphatic carbocycles. The van der Waals surface area contributed by atoms with Crippen LogP contribution in [-0.2, 0) is 11.3 Å². The minimum Gasteiger partial charge on any atom is -0.389 e. The van der Waals surface area contributed by atoms with E-state index in [0.29, 0.717) is 26.3 Å². The molecular weight excluding hydrogens is 269 g/mol.